The highest BCUT2D eigenvalue weighted by atomic mass is 16.5. The van der Waals surface area contributed by atoms with Gasteiger partial charge in [0.15, 0.2) is 0 Å². The molecule has 0 heterocycles. The first kappa shape index (κ1) is 20.2. The molecule has 7 nitrogen and oxygen atoms in total. The number of carbonyl (C=O) groups is 4. The predicted octanol–water partition coefficient (Wildman–Crippen LogP) is 0.950. The first-order valence-electron chi connectivity index (χ1n) is 7.33. The fourth-order valence-corrected chi connectivity index (χ4v) is 2.22. The van der Waals surface area contributed by atoms with E-state index >= 15 is 0 Å². The lowest BCUT2D eigenvalue weighted by Gasteiger charge is -2.28. The van der Waals surface area contributed by atoms with E-state index in [2.05, 4.69) is 10.1 Å². The van der Waals surface area contributed by atoms with Crippen molar-refractivity contribution in [2.75, 3.05) is 26.7 Å². The number of unbranched alkanes of at least 4 members (excludes halogenated alkanes) is 1. The van der Waals surface area contributed by atoms with Crippen LogP contribution in [0.4, 0.5) is 4.79 Å². The van der Waals surface area contributed by atoms with Crippen LogP contribution in [0, 0.1) is 0 Å². The smallest absolute Gasteiger partial charge is 0.406 e. The van der Waals surface area contributed by atoms with Gasteiger partial charge in [-0.1, -0.05) is 0 Å². The van der Waals surface area contributed by atoms with E-state index in [1.807, 2.05) is 0 Å². The second-order valence-electron chi connectivity index (χ2n) is 5.35. The van der Waals surface area contributed by atoms with Crippen LogP contribution >= 0.6 is 0 Å². The summed E-state index contributed by atoms with van der Waals surface area (Å²) in [6, 6.07) is -0.453. The number of hydrogen-bond donors (Lipinski definition) is 1. The van der Waals surface area contributed by atoms with Gasteiger partial charge >= 0.3 is 6.09 Å². The number of rotatable bonds is 11. The van der Waals surface area contributed by atoms with Crippen molar-refractivity contribution < 1.29 is 23.9 Å². The second-order valence-corrected chi connectivity index (χ2v) is 5.35. The van der Waals surface area contributed by atoms with E-state index in [0.717, 1.165) is 0 Å². The Morgan fingerprint density at radius 1 is 1.00 bits per heavy atom. The van der Waals surface area contributed by atoms with Gasteiger partial charge in [0.25, 0.3) is 0 Å². The average molecular weight is 314 g/mol. The quantitative estimate of drug-likeness (QED) is 0.571. The summed E-state index contributed by atoms with van der Waals surface area (Å²) < 4.78 is 4.45. The number of hydrogen-bond acceptors (Lipinski definition) is 6. The normalized spacial score (nSPS) is 11.9. The maximum atomic E-state index is 11.8. The van der Waals surface area contributed by atoms with E-state index in [4.69, 9.17) is 0 Å². The number of Topliss-reactive ketones (excluding diaryl/α,β-unsaturated/α-hetero) is 3. The van der Waals surface area contributed by atoms with E-state index in [1.54, 1.807) is 4.90 Å². The third kappa shape index (κ3) is 9.23. The van der Waals surface area contributed by atoms with E-state index in [9.17, 15) is 19.2 Å². The Kier molecular flexibility index (Phi) is 10.0. The summed E-state index contributed by atoms with van der Waals surface area (Å²) in [5, 5.41) is 2.56. The highest BCUT2D eigenvalue weighted by molar-refractivity contribution is 5.85. The minimum Gasteiger partial charge on any atom is -0.453 e. The summed E-state index contributed by atoms with van der Waals surface area (Å²) >= 11 is 0. The molecular weight excluding hydrogens is 288 g/mol. The zero-order chi connectivity index (χ0) is 17.1. The number of methoxy groups -OCH3 is 1. The van der Waals surface area contributed by atoms with Crippen LogP contribution < -0.4 is 5.32 Å². The summed E-state index contributed by atoms with van der Waals surface area (Å²) in [5.41, 5.74) is 0. The Balaban J connectivity index is 4.47. The first-order valence-corrected chi connectivity index (χ1v) is 7.33. The van der Waals surface area contributed by atoms with Gasteiger partial charge in [0.2, 0.25) is 0 Å². The van der Waals surface area contributed by atoms with Crippen molar-refractivity contribution in [3.05, 3.63) is 0 Å². The maximum Gasteiger partial charge on any atom is 0.406 e. The molecule has 0 aromatic heterocycles. The van der Waals surface area contributed by atoms with Crippen molar-refractivity contribution in [3.63, 3.8) is 0 Å². The van der Waals surface area contributed by atoms with Crippen molar-refractivity contribution in [3.8, 4) is 0 Å². The zero-order valence-electron chi connectivity index (χ0n) is 13.8. The van der Waals surface area contributed by atoms with E-state index < -0.39 is 12.1 Å². The van der Waals surface area contributed by atoms with Crippen LogP contribution in [-0.2, 0) is 19.1 Å². The Bertz CT molecular complexity index is 393. The van der Waals surface area contributed by atoms with Crippen LogP contribution in [0.5, 0.6) is 0 Å². The van der Waals surface area contributed by atoms with Crippen molar-refractivity contribution >= 4 is 23.4 Å². The summed E-state index contributed by atoms with van der Waals surface area (Å²) in [7, 11) is 1.29. The van der Waals surface area contributed by atoms with E-state index in [-0.39, 0.29) is 30.4 Å². The second kappa shape index (κ2) is 10.9. The van der Waals surface area contributed by atoms with Crippen LogP contribution in [-0.4, -0.2) is 61.1 Å². The number of alkyl carbamates (subject to hydrolysis) is 1. The predicted molar refractivity (Wildman–Crippen MR) is 81.7 cm³/mol. The Morgan fingerprint density at radius 3 is 1.95 bits per heavy atom. The van der Waals surface area contributed by atoms with Gasteiger partial charge in [0.05, 0.1) is 26.2 Å². The van der Waals surface area contributed by atoms with Gasteiger partial charge in [-0.25, -0.2) is 4.79 Å². The molecule has 22 heavy (non-hydrogen) atoms. The fourth-order valence-electron chi connectivity index (χ4n) is 2.22. The van der Waals surface area contributed by atoms with Gasteiger partial charge in [0, 0.05) is 6.54 Å². The molecule has 1 amide bonds. The molecule has 0 bridgehead atoms. The molecule has 0 aromatic carbocycles. The lowest BCUT2D eigenvalue weighted by molar-refractivity contribution is -0.127. The molecule has 0 fully saturated rings. The van der Waals surface area contributed by atoms with Gasteiger partial charge < -0.3 is 10.1 Å². The Morgan fingerprint density at radius 2 is 1.55 bits per heavy atom. The summed E-state index contributed by atoms with van der Waals surface area (Å²) in [6.45, 7) is 4.96. The van der Waals surface area contributed by atoms with E-state index in [0.29, 0.717) is 25.8 Å². The largest absolute Gasteiger partial charge is 0.453 e. The van der Waals surface area contributed by atoms with Crippen LogP contribution in [0.1, 0.15) is 40.0 Å². The minimum absolute atomic E-state index is 0.0663. The highest BCUT2D eigenvalue weighted by Gasteiger charge is 2.24. The van der Waals surface area contributed by atoms with Crippen LogP contribution in [0.25, 0.3) is 0 Å². The van der Waals surface area contributed by atoms with Gasteiger partial charge in [-0.3, -0.25) is 19.3 Å². The molecule has 126 valence electrons. The zero-order valence-corrected chi connectivity index (χ0v) is 13.8. The number of carbonyl (C=O) groups excluding carboxylic acids is 4. The molecule has 0 aliphatic rings. The SMILES string of the molecule is COC(=O)NCCCCC(C(C)=O)N(CC(C)=O)CC(C)=O. The standard InChI is InChI=1S/C15H26N2O5/c1-11(18)9-17(10-12(2)19)14(13(3)20)7-5-6-8-16-15(21)22-4/h14H,5-10H2,1-4H3,(H,16,21). The van der Waals surface area contributed by atoms with Crippen LogP contribution in [0.3, 0.4) is 0 Å². The molecule has 0 radical (unpaired) electrons. The Labute approximate surface area is 131 Å². The third-order valence-corrected chi connectivity index (χ3v) is 3.12. The molecule has 0 saturated carbocycles. The molecule has 0 aromatic rings. The highest BCUT2D eigenvalue weighted by Crippen LogP contribution is 2.10. The number of nitrogens with one attached hydrogen (secondary N) is 1. The topological polar surface area (TPSA) is 92.8 Å². The molecule has 0 spiro atoms. The maximum absolute atomic E-state index is 11.8. The molecule has 7 heteroatoms. The molecule has 1 N–H and O–H groups in total. The Hall–Kier alpha value is -1.76. The molecule has 0 aliphatic carbocycles. The number of ketones is 3. The van der Waals surface area contributed by atoms with Crippen LogP contribution in [0.2, 0.25) is 0 Å². The lowest BCUT2D eigenvalue weighted by atomic mass is 10.0. The minimum atomic E-state index is -0.488. The van der Waals surface area contributed by atoms with Crippen LogP contribution in [0.15, 0.2) is 0 Å². The third-order valence-electron chi connectivity index (χ3n) is 3.12. The van der Waals surface area contributed by atoms with Gasteiger partial charge in [0.1, 0.15) is 17.3 Å². The summed E-state index contributed by atoms with van der Waals surface area (Å²) in [5.74, 6) is -0.233. The van der Waals surface area contributed by atoms with Gasteiger partial charge in [-0.05, 0) is 40.0 Å². The molecule has 0 saturated heterocycles. The molecular formula is C15H26N2O5. The molecule has 0 aliphatic heterocycles. The lowest BCUT2D eigenvalue weighted by Crippen LogP contribution is -2.45. The van der Waals surface area contributed by atoms with Gasteiger partial charge in [-0.2, -0.15) is 0 Å². The number of ether oxygens (including phenoxy) is 1. The van der Waals surface area contributed by atoms with Gasteiger partial charge in [-0.15, -0.1) is 0 Å². The number of nitrogens with zero attached hydrogens (tertiary/aromatic N) is 1. The average Bonchev–Trinajstić information content (AvgIpc) is 2.40. The van der Waals surface area contributed by atoms with E-state index in [1.165, 1.54) is 27.9 Å². The molecule has 1 atom stereocenters. The van der Waals surface area contributed by atoms with Crippen molar-refractivity contribution in [2.24, 2.45) is 0 Å². The summed E-state index contributed by atoms with van der Waals surface area (Å²) in [4.78, 5) is 47.0. The molecule has 0 rings (SSSR count). The first-order chi connectivity index (χ1) is 10.3. The fraction of sp³-hybridized carbons (Fsp3) is 0.733. The van der Waals surface area contributed by atoms with Crippen molar-refractivity contribution in [1.82, 2.24) is 10.2 Å². The molecule has 1 unspecified atom stereocenters. The summed E-state index contributed by atoms with van der Waals surface area (Å²) in [6.07, 6.45) is 1.43. The van der Waals surface area contributed by atoms with Crippen molar-refractivity contribution in [2.45, 2.75) is 46.1 Å². The number of amides is 1. The van der Waals surface area contributed by atoms with Crippen molar-refractivity contribution in [1.29, 1.82) is 0 Å². The monoisotopic (exact) mass is 314 g/mol.